The van der Waals surface area contributed by atoms with Gasteiger partial charge in [-0.05, 0) is 42.3 Å². The molecular weight excluding hydrogens is 388 g/mol. The molecule has 6 nitrogen and oxygen atoms in total. The van der Waals surface area contributed by atoms with Crippen molar-refractivity contribution in [3.63, 3.8) is 0 Å². The van der Waals surface area contributed by atoms with E-state index in [-0.39, 0.29) is 18.0 Å². The summed E-state index contributed by atoms with van der Waals surface area (Å²) in [6, 6.07) is 18.0. The maximum atomic E-state index is 13.1. The van der Waals surface area contributed by atoms with Gasteiger partial charge < -0.3 is 10.2 Å². The van der Waals surface area contributed by atoms with Gasteiger partial charge in [-0.3, -0.25) is 13.9 Å². The monoisotopic (exact) mass is 416 g/mol. The number of carbonyl (C=O) groups excluding carboxylic acids is 1. The molecule has 0 fully saturated rings. The fourth-order valence-corrected chi connectivity index (χ4v) is 4.27. The second-order valence-corrected chi connectivity index (χ2v) is 7.79. The highest BCUT2D eigenvalue weighted by molar-refractivity contribution is 6.01. The summed E-state index contributed by atoms with van der Waals surface area (Å²) in [5.74, 6) is -0.0787. The highest BCUT2D eigenvalue weighted by atomic mass is 16.2. The van der Waals surface area contributed by atoms with Crippen molar-refractivity contribution in [1.29, 1.82) is 0 Å². The first-order valence-corrected chi connectivity index (χ1v) is 10.7. The molecule has 0 saturated carbocycles. The molecule has 1 aromatic heterocycles. The lowest BCUT2D eigenvalue weighted by Gasteiger charge is -2.24. The normalized spacial score (nSPS) is 11.2. The Bertz CT molecular complexity index is 1320. The molecule has 0 saturated heterocycles. The summed E-state index contributed by atoms with van der Waals surface area (Å²) in [6.45, 7) is 5.77. The number of fused-ring (bicyclic) bond motifs is 2. The fourth-order valence-electron chi connectivity index (χ4n) is 4.27. The van der Waals surface area contributed by atoms with Gasteiger partial charge in [0.2, 0.25) is 5.91 Å². The van der Waals surface area contributed by atoms with Crippen molar-refractivity contribution >= 4 is 39.1 Å². The third-order valence-electron chi connectivity index (χ3n) is 6.00. The van der Waals surface area contributed by atoms with Crippen LogP contribution in [0.5, 0.6) is 0 Å². The predicted octanol–water partition coefficient (Wildman–Crippen LogP) is 4.06. The van der Waals surface area contributed by atoms with Crippen molar-refractivity contribution < 1.29 is 4.79 Å². The number of aromatic nitrogens is 2. The predicted molar refractivity (Wildman–Crippen MR) is 128 cm³/mol. The van der Waals surface area contributed by atoms with Gasteiger partial charge in [0.05, 0.1) is 28.8 Å². The van der Waals surface area contributed by atoms with Crippen molar-refractivity contribution in [2.75, 3.05) is 23.3 Å². The van der Waals surface area contributed by atoms with Crippen LogP contribution in [-0.2, 0) is 25.3 Å². The first kappa shape index (κ1) is 20.7. The van der Waals surface area contributed by atoms with Gasteiger partial charge in [0.25, 0.3) is 0 Å². The molecule has 0 aliphatic heterocycles. The summed E-state index contributed by atoms with van der Waals surface area (Å²) in [6.07, 6.45) is 0.283. The number of hydrogen-bond donors (Lipinski definition) is 1. The molecule has 3 aromatic carbocycles. The molecule has 0 bridgehead atoms. The first-order chi connectivity index (χ1) is 14.9. The molecule has 0 spiro atoms. The topological polar surface area (TPSA) is 59.3 Å². The molecule has 0 radical (unpaired) electrons. The van der Waals surface area contributed by atoms with Gasteiger partial charge in [-0.15, -0.1) is 0 Å². The van der Waals surface area contributed by atoms with Crippen LogP contribution in [0.25, 0.3) is 21.8 Å². The molecule has 160 valence electrons. The van der Waals surface area contributed by atoms with Crippen LogP contribution in [0.3, 0.4) is 0 Å². The Morgan fingerprint density at radius 3 is 2.29 bits per heavy atom. The number of rotatable bonds is 6. The molecule has 4 rings (SSSR count). The van der Waals surface area contributed by atoms with Crippen molar-refractivity contribution in [2.24, 2.45) is 14.1 Å². The highest BCUT2D eigenvalue weighted by Crippen LogP contribution is 2.31. The molecule has 1 N–H and O–H groups in total. The third kappa shape index (κ3) is 3.69. The van der Waals surface area contributed by atoms with E-state index in [4.69, 9.17) is 0 Å². The van der Waals surface area contributed by atoms with E-state index in [1.54, 1.807) is 23.2 Å². The van der Waals surface area contributed by atoms with Crippen LogP contribution in [0.4, 0.5) is 11.4 Å². The molecular formula is C25H28N4O2. The maximum Gasteiger partial charge on any atom is 0.328 e. The standard InChI is InChI=1S/C25H28N4O2/c1-5-29(6-2)21-16-23-22(27(3)25(31)28(23)4)15-20(21)26-24(30)14-18-12-9-11-17-10-7-8-13-19(17)18/h7-13,15-16H,5-6,14H2,1-4H3,(H,26,30). The number of imidazole rings is 1. The minimum atomic E-state index is -0.0836. The zero-order valence-corrected chi connectivity index (χ0v) is 18.5. The van der Waals surface area contributed by atoms with Gasteiger partial charge in [0.1, 0.15) is 0 Å². The maximum absolute atomic E-state index is 13.1. The van der Waals surface area contributed by atoms with E-state index in [0.717, 1.165) is 51.8 Å². The van der Waals surface area contributed by atoms with E-state index in [1.165, 1.54) is 0 Å². The van der Waals surface area contributed by atoms with E-state index in [0.29, 0.717) is 0 Å². The number of hydrogen-bond acceptors (Lipinski definition) is 3. The second kappa shape index (κ2) is 8.30. The summed E-state index contributed by atoms with van der Waals surface area (Å²) in [4.78, 5) is 27.7. The summed E-state index contributed by atoms with van der Waals surface area (Å²) < 4.78 is 3.26. The average molecular weight is 417 g/mol. The van der Waals surface area contributed by atoms with E-state index in [2.05, 4.69) is 36.2 Å². The Labute approximate surface area is 181 Å². The highest BCUT2D eigenvalue weighted by Gasteiger charge is 2.17. The van der Waals surface area contributed by atoms with Crippen molar-refractivity contribution in [3.05, 3.63) is 70.6 Å². The quantitative estimate of drug-likeness (QED) is 0.516. The lowest BCUT2D eigenvalue weighted by molar-refractivity contribution is -0.115. The Balaban J connectivity index is 1.74. The number of carbonyl (C=O) groups is 1. The van der Waals surface area contributed by atoms with E-state index < -0.39 is 0 Å². The zero-order chi connectivity index (χ0) is 22.1. The summed E-state index contributed by atoms with van der Waals surface area (Å²) in [5.41, 5.74) is 4.20. The smallest absolute Gasteiger partial charge is 0.328 e. The van der Waals surface area contributed by atoms with Gasteiger partial charge in [-0.2, -0.15) is 0 Å². The largest absolute Gasteiger partial charge is 0.370 e. The van der Waals surface area contributed by atoms with Crippen LogP contribution in [0.15, 0.2) is 59.4 Å². The fraction of sp³-hybridized carbons (Fsp3) is 0.280. The number of anilines is 2. The number of nitrogens with one attached hydrogen (secondary N) is 1. The van der Waals surface area contributed by atoms with Crippen molar-refractivity contribution in [2.45, 2.75) is 20.3 Å². The summed E-state index contributed by atoms with van der Waals surface area (Å²) in [5, 5.41) is 5.33. The Kier molecular flexibility index (Phi) is 5.55. The molecule has 31 heavy (non-hydrogen) atoms. The molecule has 4 aromatic rings. The molecule has 0 aliphatic rings. The molecule has 0 unspecified atom stereocenters. The van der Waals surface area contributed by atoms with Crippen LogP contribution in [-0.4, -0.2) is 28.1 Å². The Morgan fingerprint density at radius 2 is 1.58 bits per heavy atom. The number of nitrogens with zero attached hydrogens (tertiary/aromatic N) is 3. The SMILES string of the molecule is CCN(CC)c1cc2c(cc1NC(=O)Cc1cccc3ccccc13)n(C)c(=O)n2C. The van der Waals surface area contributed by atoms with Crippen LogP contribution < -0.4 is 15.9 Å². The molecule has 6 heteroatoms. The van der Waals surface area contributed by atoms with Gasteiger partial charge >= 0.3 is 5.69 Å². The number of amides is 1. The first-order valence-electron chi connectivity index (χ1n) is 10.7. The van der Waals surface area contributed by atoms with Crippen LogP contribution in [0.2, 0.25) is 0 Å². The van der Waals surface area contributed by atoms with Gasteiger partial charge in [0, 0.05) is 27.2 Å². The number of aryl methyl sites for hydroxylation is 2. The van der Waals surface area contributed by atoms with E-state index >= 15 is 0 Å². The van der Waals surface area contributed by atoms with E-state index in [1.807, 2.05) is 42.5 Å². The average Bonchev–Trinajstić information content (AvgIpc) is 2.98. The zero-order valence-electron chi connectivity index (χ0n) is 18.5. The number of benzene rings is 3. The summed E-state index contributed by atoms with van der Waals surface area (Å²) >= 11 is 0. The minimum absolute atomic E-state index is 0.0787. The van der Waals surface area contributed by atoms with Gasteiger partial charge in [-0.1, -0.05) is 42.5 Å². The Morgan fingerprint density at radius 1 is 0.935 bits per heavy atom. The van der Waals surface area contributed by atoms with Crippen LogP contribution in [0, 0.1) is 0 Å². The van der Waals surface area contributed by atoms with Crippen LogP contribution in [0.1, 0.15) is 19.4 Å². The van der Waals surface area contributed by atoms with Crippen molar-refractivity contribution in [3.8, 4) is 0 Å². The van der Waals surface area contributed by atoms with Crippen LogP contribution >= 0.6 is 0 Å². The Hall–Kier alpha value is -3.54. The van der Waals surface area contributed by atoms with E-state index in [9.17, 15) is 9.59 Å². The molecule has 0 aliphatic carbocycles. The molecule has 0 atom stereocenters. The molecule has 1 heterocycles. The molecule has 1 amide bonds. The third-order valence-corrected chi connectivity index (χ3v) is 6.00. The lowest BCUT2D eigenvalue weighted by atomic mass is 10.0. The lowest BCUT2D eigenvalue weighted by Crippen LogP contribution is -2.24. The van der Waals surface area contributed by atoms with Gasteiger partial charge in [0.15, 0.2) is 0 Å². The second-order valence-electron chi connectivity index (χ2n) is 7.79. The summed E-state index contributed by atoms with van der Waals surface area (Å²) in [7, 11) is 3.53. The van der Waals surface area contributed by atoms with Crippen molar-refractivity contribution in [1.82, 2.24) is 9.13 Å². The van der Waals surface area contributed by atoms with Gasteiger partial charge in [-0.25, -0.2) is 4.79 Å². The minimum Gasteiger partial charge on any atom is -0.370 e.